The van der Waals surface area contributed by atoms with Gasteiger partial charge in [0.2, 0.25) is 17.4 Å². The first-order chi connectivity index (χ1) is 51.0. The maximum absolute atomic E-state index is 16.9. The summed E-state index contributed by atoms with van der Waals surface area (Å²) in [5, 5.41) is 183. The molecule has 0 amide bonds. The van der Waals surface area contributed by atoms with Crippen LogP contribution in [-0.4, -0.2) is 254 Å². The molecule has 28 nitrogen and oxygen atoms in total. The van der Waals surface area contributed by atoms with Crippen LogP contribution in [-0.2, 0) is 57.0 Å². The van der Waals surface area contributed by atoms with Crippen molar-refractivity contribution in [2.75, 3.05) is 39.6 Å². The Balaban J connectivity index is 1.97. The van der Waals surface area contributed by atoms with Crippen LogP contribution in [0.5, 0.6) is 0 Å². The zero-order valence-corrected chi connectivity index (χ0v) is 64.5. The van der Waals surface area contributed by atoms with Gasteiger partial charge in [-0.2, -0.15) is 0 Å². The van der Waals surface area contributed by atoms with Crippen LogP contribution >= 0.6 is 0 Å². The summed E-state index contributed by atoms with van der Waals surface area (Å²) >= 11 is 0. The number of aliphatic hydroxyl groups excluding tert-OH is 16. The number of aliphatic hydroxyl groups is 16. The van der Waals surface area contributed by atoms with Gasteiger partial charge in [0.25, 0.3) is 0 Å². The van der Waals surface area contributed by atoms with Gasteiger partial charge in [0, 0.05) is 12.8 Å². The lowest BCUT2D eigenvalue weighted by atomic mass is 9.76. The van der Waals surface area contributed by atoms with Crippen LogP contribution in [0.15, 0.2) is 0 Å². The summed E-state index contributed by atoms with van der Waals surface area (Å²) < 4.78 is 55.4. The van der Waals surface area contributed by atoms with E-state index >= 15 is 14.4 Å². The van der Waals surface area contributed by atoms with Gasteiger partial charge in [-0.1, -0.05) is 284 Å². The number of hydrogen-bond acceptors (Lipinski definition) is 28. The number of hydrogen-bond donors (Lipinski definition) is 16. The van der Waals surface area contributed by atoms with Crippen molar-refractivity contribution in [3.8, 4) is 0 Å². The van der Waals surface area contributed by atoms with Crippen molar-refractivity contribution in [2.45, 2.75) is 431 Å². The SMILES string of the molecule is CCCCCCCCCCCCCCCCCC(=O)OC(OC(=O)CCCCCCCCCCCCCCCCC)(C(=O)O[C@@]1(OC2(CO)O[C@H](CO)[C@@H](O)[C@@H]2O)O[C@H](CO)[C@@H](O)[C@H](O)[C@H]1O)C(CCCCCCCCCCCCCCC)[C@@]1(OC2(CO)O[C@H](CO)[C@@H](O)[C@@H]2O)O[C@H](CO)[C@@H](O)[C@H](O)[C@H]1O. The summed E-state index contributed by atoms with van der Waals surface area (Å²) in [6, 6.07) is 0. The van der Waals surface area contributed by atoms with E-state index in [-0.39, 0.29) is 25.7 Å². The van der Waals surface area contributed by atoms with E-state index in [2.05, 4.69) is 20.8 Å². The molecule has 28 heteroatoms. The Kier molecular flexibility index (Phi) is 47.1. The Morgan fingerprint density at radius 1 is 0.330 bits per heavy atom. The monoisotopic (exact) mass is 1530 g/mol. The zero-order valence-electron chi connectivity index (χ0n) is 64.5. The highest BCUT2D eigenvalue weighted by Gasteiger charge is 2.75. The highest BCUT2D eigenvalue weighted by molar-refractivity contribution is 5.86. The Bertz CT molecular complexity index is 2260. The third kappa shape index (κ3) is 28.6. The van der Waals surface area contributed by atoms with E-state index in [1.165, 1.54) is 77.0 Å². The molecule has 0 bridgehead atoms. The molecule has 0 aromatic rings. The summed E-state index contributed by atoms with van der Waals surface area (Å²) in [6.07, 6.45) is 4.20. The molecule has 0 aromatic carbocycles. The van der Waals surface area contributed by atoms with E-state index in [1.807, 2.05) is 0 Å². The van der Waals surface area contributed by atoms with Crippen LogP contribution in [0.2, 0.25) is 0 Å². The van der Waals surface area contributed by atoms with Crippen molar-refractivity contribution in [1.82, 2.24) is 0 Å². The van der Waals surface area contributed by atoms with Gasteiger partial charge in [0.15, 0.2) is 6.10 Å². The molecule has 106 heavy (non-hydrogen) atoms. The Labute approximate surface area is 630 Å². The molecule has 3 unspecified atom stereocenters. The van der Waals surface area contributed by atoms with Crippen molar-refractivity contribution < 1.29 is 139 Å². The molecule has 4 fully saturated rings. The third-order valence-corrected chi connectivity index (χ3v) is 21.9. The second-order valence-electron chi connectivity index (χ2n) is 30.5. The van der Waals surface area contributed by atoms with Crippen LogP contribution in [0.1, 0.15) is 316 Å². The minimum absolute atomic E-state index is 0.0463. The molecule has 0 spiro atoms. The average Bonchev–Trinajstić information content (AvgIpc) is 1.02. The molecule has 4 heterocycles. The molecule has 4 aliphatic rings. The predicted octanol–water partition coefficient (Wildman–Crippen LogP) is 6.87. The lowest BCUT2D eigenvalue weighted by Crippen LogP contribution is -2.77. The normalized spacial score (nSPS) is 30.8. The number of carbonyl (C=O) groups is 3. The van der Waals surface area contributed by atoms with Crippen molar-refractivity contribution in [1.29, 1.82) is 0 Å². The van der Waals surface area contributed by atoms with Gasteiger partial charge in [-0.3, -0.25) is 14.3 Å². The molecule has 0 aromatic heterocycles. The lowest BCUT2D eigenvalue weighted by molar-refractivity contribution is -0.503. The van der Waals surface area contributed by atoms with Crippen LogP contribution in [0.4, 0.5) is 0 Å². The number of esters is 3. The molecule has 624 valence electrons. The largest absolute Gasteiger partial charge is 0.411 e. The molecule has 4 aliphatic heterocycles. The van der Waals surface area contributed by atoms with Gasteiger partial charge >= 0.3 is 29.7 Å². The topological polar surface area (TPSA) is 458 Å². The molecule has 16 N–H and O–H groups in total. The summed E-state index contributed by atoms with van der Waals surface area (Å²) in [5.41, 5.74) is 0. The second kappa shape index (κ2) is 52.0. The molecule has 0 radical (unpaired) electrons. The Morgan fingerprint density at radius 2 is 0.613 bits per heavy atom. The van der Waals surface area contributed by atoms with Crippen LogP contribution in [0, 0.1) is 5.92 Å². The van der Waals surface area contributed by atoms with E-state index in [1.54, 1.807) is 0 Å². The van der Waals surface area contributed by atoms with E-state index in [0.29, 0.717) is 38.5 Å². The first-order valence-electron chi connectivity index (χ1n) is 41.3. The summed E-state index contributed by atoms with van der Waals surface area (Å²) in [7, 11) is 0. The summed E-state index contributed by atoms with van der Waals surface area (Å²) in [4.78, 5) is 47.6. The zero-order chi connectivity index (χ0) is 78.0. The fraction of sp³-hybridized carbons (Fsp3) is 0.962. The van der Waals surface area contributed by atoms with E-state index in [0.717, 1.165) is 135 Å². The molecule has 0 aliphatic carbocycles. The fourth-order valence-electron chi connectivity index (χ4n) is 15.3. The smallest absolute Gasteiger partial charge is 0.397 e. The van der Waals surface area contributed by atoms with Crippen LogP contribution in [0.3, 0.4) is 0 Å². The highest BCUT2D eigenvalue weighted by Crippen LogP contribution is 2.52. The van der Waals surface area contributed by atoms with Gasteiger partial charge in [-0.25, -0.2) is 4.79 Å². The molecule has 0 saturated carbocycles. The minimum Gasteiger partial charge on any atom is -0.411 e. The number of ether oxygens (including phenoxy) is 9. The Hall–Kier alpha value is -2.47. The molecule has 19 atom stereocenters. The fourth-order valence-corrected chi connectivity index (χ4v) is 15.3. The first-order valence-corrected chi connectivity index (χ1v) is 41.3. The third-order valence-electron chi connectivity index (χ3n) is 21.9. The number of rotatable bonds is 62. The number of unbranched alkanes of at least 4 members (excludes halogenated alkanes) is 40. The first kappa shape index (κ1) is 95.9. The second-order valence-corrected chi connectivity index (χ2v) is 30.5. The molecule has 4 rings (SSSR count). The van der Waals surface area contributed by atoms with Gasteiger partial charge in [0.1, 0.15) is 98.5 Å². The average molecular weight is 1530 g/mol. The minimum atomic E-state index is -4.02. The van der Waals surface area contributed by atoms with Crippen molar-refractivity contribution in [2.24, 2.45) is 5.92 Å². The van der Waals surface area contributed by atoms with Gasteiger partial charge in [-0.15, -0.1) is 0 Å². The van der Waals surface area contributed by atoms with Gasteiger partial charge < -0.3 is 120 Å². The van der Waals surface area contributed by atoms with E-state index in [4.69, 9.17) is 42.6 Å². The van der Waals surface area contributed by atoms with Gasteiger partial charge in [0.05, 0.1) is 26.4 Å². The highest BCUT2D eigenvalue weighted by atomic mass is 16.9. The Morgan fingerprint density at radius 3 is 0.925 bits per heavy atom. The predicted molar refractivity (Wildman–Crippen MR) is 389 cm³/mol. The molecule has 4 saturated heterocycles. The van der Waals surface area contributed by atoms with E-state index < -0.39 is 197 Å². The summed E-state index contributed by atoms with van der Waals surface area (Å²) in [5.74, 6) is -25.6. The lowest BCUT2D eigenvalue weighted by Gasteiger charge is -2.56. The van der Waals surface area contributed by atoms with Crippen molar-refractivity contribution in [3.63, 3.8) is 0 Å². The van der Waals surface area contributed by atoms with Crippen molar-refractivity contribution >= 4 is 17.9 Å². The van der Waals surface area contributed by atoms with Crippen molar-refractivity contribution in [3.05, 3.63) is 0 Å². The van der Waals surface area contributed by atoms with Gasteiger partial charge in [-0.05, 0) is 19.3 Å². The maximum atomic E-state index is 16.9. The quantitative estimate of drug-likeness (QED) is 0.0168. The van der Waals surface area contributed by atoms with E-state index in [9.17, 15) is 81.7 Å². The van der Waals surface area contributed by atoms with Crippen LogP contribution < -0.4 is 0 Å². The maximum Gasteiger partial charge on any atom is 0.397 e. The number of carbonyl (C=O) groups excluding carboxylic acids is 3. The summed E-state index contributed by atoms with van der Waals surface area (Å²) in [6.45, 7) is -1.34. The van der Waals surface area contributed by atoms with Crippen LogP contribution in [0.25, 0.3) is 0 Å². The molecular formula is C78H144O28. The standard InChI is InChI=1S/C78H144O28/c1-4-7-10-13-16-19-22-25-27-30-33-36-39-42-45-48-61(85)102-77(103-62(86)49-46-43-40-37-34-31-28-26-23-20-17-14-11-8-5-2,73(97)104-78(72(96)68(92)64(88)57(51-80)101-78)106-75(55-84)70(94)66(90)59(53-82)99-75)60(47-44-41-38-35-32-29-24-21-18-15-12-9-6-3)76(71(95)67(91)63(87)56(50-79)100-76)105-74(54-83)69(93)65(89)58(52-81)98-74/h56-60,63-72,79-84,87-96H,4-55H2,1-3H3/t56-,57-,58-,59-,60?,63-,64-,65-,66-,67+,68+,69+,70+,71-,72-,74?,75?,76+,78+/m1/s1. The molecular weight excluding hydrogens is 1380 g/mol.